The third-order valence-corrected chi connectivity index (χ3v) is 5.71. The summed E-state index contributed by atoms with van der Waals surface area (Å²) in [7, 11) is 0. The van der Waals surface area contributed by atoms with E-state index in [1.54, 1.807) is 0 Å². The van der Waals surface area contributed by atoms with Crippen molar-refractivity contribution >= 4 is 26.7 Å². The van der Waals surface area contributed by atoms with Crippen LogP contribution in [0, 0.1) is 0 Å². The molecule has 22 heavy (non-hydrogen) atoms. The zero-order valence-electron chi connectivity index (χ0n) is 12.1. The maximum atomic E-state index is 6.37. The summed E-state index contributed by atoms with van der Waals surface area (Å²) in [6.07, 6.45) is 9.20. The predicted octanol–water partition coefficient (Wildman–Crippen LogP) is 5.62. The fraction of sp³-hybridized carbons (Fsp3) is 0.200. The van der Waals surface area contributed by atoms with Crippen LogP contribution in [0.2, 0.25) is 0 Å². The quantitative estimate of drug-likeness (QED) is 0.598. The van der Waals surface area contributed by atoms with E-state index in [1.807, 2.05) is 0 Å². The SMILES string of the molecule is BrC1=CC2Oc3c(ccc4ccccc34)C2C2=C1CCC=C2. The topological polar surface area (TPSA) is 9.23 Å². The van der Waals surface area contributed by atoms with E-state index in [1.165, 1.54) is 32.0 Å². The minimum atomic E-state index is 0.108. The van der Waals surface area contributed by atoms with Gasteiger partial charge in [-0.3, -0.25) is 0 Å². The molecule has 0 aromatic heterocycles. The van der Waals surface area contributed by atoms with Crippen LogP contribution in [-0.2, 0) is 0 Å². The number of hydrogen-bond acceptors (Lipinski definition) is 1. The Kier molecular flexibility index (Phi) is 2.66. The second-order valence-corrected chi connectivity index (χ2v) is 7.01. The smallest absolute Gasteiger partial charge is 0.132 e. The highest BCUT2D eigenvalue weighted by Crippen LogP contribution is 2.52. The van der Waals surface area contributed by atoms with Gasteiger partial charge < -0.3 is 4.74 Å². The van der Waals surface area contributed by atoms with E-state index >= 15 is 0 Å². The van der Waals surface area contributed by atoms with Crippen LogP contribution in [0.4, 0.5) is 0 Å². The number of allylic oxidation sites excluding steroid dienone is 4. The fourth-order valence-electron chi connectivity index (χ4n) is 3.97. The third kappa shape index (κ3) is 1.65. The van der Waals surface area contributed by atoms with Crippen molar-refractivity contribution < 1.29 is 4.74 Å². The van der Waals surface area contributed by atoms with Crippen molar-refractivity contribution in [3.63, 3.8) is 0 Å². The zero-order valence-corrected chi connectivity index (χ0v) is 13.6. The number of ether oxygens (including phenoxy) is 1. The molecule has 0 amide bonds. The average molecular weight is 351 g/mol. The zero-order chi connectivity index (χ0) is 14.7. The average Bonchev–Trinajstić information content (AvgIpc) is 2.94. The van der Waals surface area contributed by atoms with Gasteiger partial charge in [0, 0.05) is 15.4 Å². The maximum Gasteiger partial charge on any atom is 0.132 e. The van der Waals surface area contributed by atoms with E-state index in [0.29, 0.717) is 5.92 Å². The number of hydrogen-bond donors (Lipinski definition) is 0. The van der Waals surface area contributed by atoms with Gasteiger partial charge in [-0.2, -0.15) is 0 Å². The first-order valence-corrected chi connectivity index (χ1v) is 8.58. The van der Waals surface area contributed by atoms with Gasteiger partial charge in [0.15, 0.2) is 0 Å². The lowest BCUT2D eigenvalue weighted by atomic mass is 9.78. The molecule has 1 nitrogen and oxygen atoms in total. The molecule has 0 spiro atoms. The number of fused-ring (bicyclic) bond motifs is 6. The molecule has 2 aromatic rings. The summed E-state index contributed by atoms with van der Waals surface area (Å²) in [5.41, 5.74) is 4.21. The summed E-state index contributed by atoms with van der Waals surface area (Å²) in [5.74, 6) is 1.41. The Labute approximate surface area is 138 Å². The van der Waals surface area contributed by atoms with Crippen LogP contribution in [0.5, 0.6) is 5.75 Å². The van der Waals surface area contributed by atoms with Crippen molar-refractivity contribution in [1.82, 2.24) is 0 Å². The Morgan fingerprint density at radius 3 is 2.95 bits per heavy atom. The van der Waals surface area contributed by atoms with Crippen molar-refractivity contribution in [2.24, 2.45) is 0 Å². The van der Waals surface area contributed by atoms with Crippen molar-refractivity contribution in [2.75, 3.05) is 0 Å². The Balaban J connectivity index is 1.76. The molecule has 5 rings (SSSR count). The first kappa shape index (κ1) is 12.7. The van der Waals surface area contributed by atoms with Crippen LogP contribution in [0.1, 0.15) is 24.3 Å². The minimum Gasteiger partial charge on any atom is -0.484 e. The lowest BCUT2D eigenvalue weighted by Gasteiger charge is -2.28. The van der Waals surface area contributed by atoms with Crippen molar-refractivity contribution in [1.29, 1.82) is 0 Å². The second kappa shape index (κ2) is 4.60. The largest absolute Gasteiger partial charge is 0.484 e. The molecule has 1 aliphatic heterocycles. The third-order valence-electron chi connectivity index (χ3n) is 4.97. The van der Waals surface area contributed by atoms with Gasteiger partial charge in [-0.15, -0.1) is 0 Å². The summed E-state index contributed by atoms with van der Waals surface area (Å²) < 4.78 is 7.58. The van der Waals surface area contributed by atoms with Gasteiger partial charge in [0.1, 0.15) is 11.9 Å². The van der Waals surface area contributed by atoms with Crippen molar-refractivity contribution in [2.45, 2.75) is 24.9 Å². The number of benzene rings is 2. The van der Waals surface area contributed by atoms with Gasteiger partial charge in [0.05, 0.1) is 5.92 Å². The van der Waals surface area contributed by atoms with Crippen LogP contribution < -0.4 is 4.74 Å². The summed E-state index contributed by atoms with van der Waals surface area (Å²) in [5, 5.41) is 2.47. The predicted molar refractivity (Wildman–Crippen MR) is 93.5 cm³/mol. The lowest BCUT2D eigenvalue weighted by Crippen LogP contribution is -2.23. The fourth-order valence-corrected chi connectivity index (χ4v) is 4.66. The highest BCUT2D eigenvalue weighted by molar-refractivity contribution is 9.12. The van der Waals surface area contributed by atoms with Crippen molar-refractivity contribution in [3.8, 4) is 5.75 Å². The highest BCUT2D eigenvalue weighted by Gasteiger charge is 2.40. The molecule has 2 heteroatoms. The molecule has 2 aromatic carbocycles. The summed E-state index contributed by atoms with van der Waals surface area (Å²) in [4.78, 5) is 0. The van der Waals surface area contributed by atoms with Crippen LogP contribution in [0.3, 0.4) is 0 Å². The number of rotatable bonds is 0. The molecule has 2 unspecified atom stereocenters. The maximum absolute atomic E-state index is 6.37. The molecule has 0 saturated carbocycles. The van der Waals surface area contributed by atoms with Gasteiger partial charge >= 0.3 is 0 Å². The van der Waals surface area contributed by atoms with Gasteiger partial charge in [0.2, 0.25) is 0 Å². The van der Waals surface area contributed by atoms with E-state index in [2.05, 4.69) is 70.6 Å². The van der Waals surface area contributed by atoms with Gasteiger partial charge in [-0.1, -0.05) is 64.5 Å². The second-order valence-electron chi connectivity index (χ2n) is 6.15. The molecule has 0 fully saturated rings. The van der Waals surface area contributed by atoms with Crippen molar-refractivity contribution in [3.05, 3.63) is 75.8 Å². The lowest BCUT2D eigenvalue weighted by molar-refractivity contribution is 0.267. The first-order valence-electron chi connectivity index (χ1n) is 7.78. The molecule has 2 atom stereocenters. The number of halogens is 1. The Morgan fingerprint density at radius 2 is 2.00 bits per heavy atom. The van der Waals surface area contributed by atoms with Gasteiger partial charge in [-0.05, 0) is 35.5 Å². The summed E-state index contributed by atoms with van der Waals surface area (Å²) >= 11 is 3.75. The molecular weight excluding hydrogens is 336 g/mol. The van der Waals surface area contributed by atoms with E-state index in [4.69, 9.17) is 4.74 Å². The molecule has 2 aliphatic carbocycles. The van der Waals surface area contributed by atoms with E-state index in [9.17, 15) is 0 Å². The van der Waals surface area contributed by atoms with Crippen LogP contribution >= 0.6 is 15.9 Å². The van der Waals surface area contributed by atoms with Gasteiger partial charge in [0.25, 0.3) is 0 Å². The molecule has 108 valence electrons. The molecule has 0 radical (unpaired) electrons. The Bertz CT molecular complexity index is 888. The molecular formula is C20H15BrO. The molecule has 0 saturated heterocycles. The Hall–Kier alpha value is -1.80. The molecule has 0 bridgehead atoms. The monoisotopic (exact) mass is 350 g/mol. The van der Waals surface area contributed by atoms with Crippen LogP contribution in [0.15, 0.2) is 70.3 Å². The van der Waals surface area contributed by atoms with Gasteiger partial charge in [-0.25, -0.2) is 0 Å². The molecule has 0 N–H and O–H groups in total. The Morgan fingerprint density at radius 1 is 1.09 bits per heavy atom. The van der Waals surface area contributed by atoms with E-state index in [0.717, 1.165) is 18.6 Å². The summed E-state index contributed by atoms with van der Waals surface area (Å²) in [6.45, 7) is 0. The minimum absolute atomic E-state index is 0.108. The van der Waals surface area contributed by atoms with E-state index in [-0.39, 0.29) is 6.10 Å². The highest BCUT2D eigenvalue weighted by atomic mass is 79.9. The summed E-state index contributed by atoms with van der Waals surface area (Å²) in [6, 6.07) is 13.0. The molecule has 1 heterocycles. The van der Waals surface area contributed by atoms with Crippen LogP contribution in [0.25, 0.3) is 10.8 Å². The normalized spacial score (nSPS) is 25.4. The standard InChI is InChI=1S/C20H15BrO/c21-17-11-18-19(15-8-4-3-7-14(15)17)16-10-9-12-5-1-2-6-13(12)20(16)22-18/h1-2,4-6,8-11,18-19H,3,7H2. The van der Waals surface area contributed by atoms with E-state index < -0.39 is 0 Å². The van der Waals surface area contributed by atoms with Crippen LogP contribution in [-0.4, -0.2) is 6.10 Å². The molecule has 3 aliphatic rings. The first-order chi connectivity index (χ1) is 10.8.